The van der Waals surface area contributed by atoms with Crippen LogP contribution in [0.1, 0.15) is 34.1 Å². The van der Waals surface area contributed by atoms with Gasteiger partial charge in [-0.25, -0.2) is 0 Å². The summed E-state index contributed by atoms with van der Waals surface area (Å²) in [5.74, 6) is 0. The van der Waals surface area contributed by atoms with Gasteiger partial charge in [-0.05, 0) is 12.3 Å². The highest BCUT2D eigenvalue weighted by atomic mass is 14.5. The zero-order valence-corrected chi connectivity index (χ0v) is 7.72. The highest BCUT2D eigenvalue weighted by molar-refractivity contribution is 4.93. The highest BCUT2D eigenvalue weighted by Crippen LogP contribution is 1.58. The average Bonchev–Trinajstić information content (AvgIpc) is 1.96. The van der Waals surface area contributed by atoms with Crippen LogP contribution in [0.2, 0.25) is 0 Å². The number of allylic oxidation sites excluding steroid dienone is 2. The molecule has 0 atom stereocenters. The summed E-state index contributed by atoms with van der Waals surface area (Å²) in [6, 6.07) is 0. The Kier molecular flexibility index (Phi) is 65.8. The van der Waals surface area contributed by atoms with Gasteiger partial charge in [0.2, 0.25) is 0 Å². The monoisotopic (exact) mass is 143 g/mol. The average molecular weight is 143 g/mol. The summed E-state index contributed by atoms with van der Waals surface area (Å²) >= 11 is 0. The quantitative estimate of drug-likeness (QED) is 0.561. The van der Waals surface area contributed by atoms with Crippen LogP contribution in [0.4, 0.5) is 0 Å². The lowest BCUT2D eigenvalue weighted by Crippen LogP contribution is -1.71. The second kappa shape index (κ2) is 40.8. The molecule has 0 amide bonds. The molecule has 1 nitrogen and oxygen atoms in total. The zero-order valence-electron chi connectivity index (χ0n) is 7.72. The molecular formula is C9H21N. The lowest BCUT2D eigenvalue weighted by molar-refractivity contribution is 1.09. The summed E-state index contributed by atoms with van der Waals surface area (Å²) in [5, 5.41) is 0. The van der Waals surface area contributed by atoms with E-state index in [1.54, 1.807) is 12.2 Å². The van der Waals surface area contributed by atoms with Gasteiger partial charge in [0.05, 0.1) is 0 Å². The fraction of sp³-hybridized carbons (Fsp3) is 0.556. The lowest BCUT2D eigenvalue weighted by Gasteiger charge is -1.58. The molecule has 0 fully saturated rings. The van der Waals surface area contributed by atoms with Crippen molar-refractivity contribution in [2.24, 2.45) is 5.73 Å². The molecule has 0 aliphatic heterocycles. The first kappa shape index (κ1) is 16.1. The van der Waals surface area contributed by atoms with Crippen LogP contribution in [0, 0.1) is 0 Å². The van der Waals surface area contributed by atoms with Gasteiger partial charge in [-0.2, -0.15) is 0 Å². The van der Waals surface area contributed by atoms with Gasteiger partial charge >= 0.3 is 0 Å². The van der Waals surface area contributed by atoms with Crippen LogP contribution >= 0.6 is 0 Å². The maximum absolute atomic E-state index is 4.89. The van der Waals surface area contributed by atoms with E-state index in [2.05, 4.69) is 20.4 Å². The normalized spacial score (nSPS) is 6.80. The molecule has 0 radical (unpaired) electrons. The first-order valence-electron chi connectivity index (χ1n) is 3.82. The number of nitrogens with two attached hydrogens (primary N) is 1. The summed E-state index contributed by atoms with van der Waals surface area (Å²) in [6.07, 6.45) is 5.98. The maximum atomic E-state index is 4.89. The summed E-state index contributed by atoms with van der Waals surface area (Å²) in [4.78, 5) is 0. The molecule has 0 saturated heterocycles. The number of hydrogen-bond donors (Lipinski definition) is 1. The van der Waals surface area contributed by atoms with Crippen molar-refractivity contribution in [2.75, 3.05) is 0 Å². The lowest BCUT2D eigenvalue weighted by atomic mass is 10.6. The van der Waals surface area contributed by atoms with Crippen molar-refractivity contribution in [3.05, 3.63) is 24.9 Å². The van der Waals surface area contributed by atoms with E-state index in [1.807, 2.05) is 13.8 Å². The summed E-state index contributed by atoms with van der Waals surface area (Å²) < 4.78 is 0. The molecule has 0 saturated carbocycles. The number of rotatable bonds is 1. The van der Waals surface area contributed by atoms with Crippen molar-refractivity contribution in [3.8, 4) is 0 Å². The fourth-order valence-corrected chi connectivity index (χ4v) is 0.0786. The Morgan fingerprint density at radius 3 is 1.60 bits per heavy atom. The van der Waals surface area contributed by atoms with Crippen LogP contribution in [0.5, 0.6) is 0 Å². The van der Waals surface area contributed by atoms with Crippen LogP contribution < -0.4 is 5.73 Å². The van der Waals surface area contributed by atoms with Crippen molar-refractivity contribution >= 4 is 0 Å². The standard InChI is InChI=1S/C4H7N.C3H8.C2H6/c1-2-3-4-5;1-3-2;1-2/h2-4H,1,5H2;3H2,1-2H3;1-2H3/b4-3-;;. The Morgan fingerprint density at radius 2 is 1.60 bits per heavy atom. The Morgan fingerprint density at radius 1 is 1.30 bits per heavy atom. The second-order valence-corrected chi connectivity index (χ2v) is 1.33. The molecule has 0 heterocycles. The molecule has 0 bridgehead atoms. The number of hydrogen-bond acceptors (Lipinski definition) is 1. The van der Waals surface area contributed by atoms with E-state index in [0.717, 1.165) is 0 Å². The second-order valence-electron chi connectivity index (χ2n) is 1.33. The minimum absolute atomic E-state index is 1.25. The molecule has 0 unspecified atom stereocenters. The molecule has 0 aromatic rings. The molecule has 0 spiro atoms. The van der Waals surface area contributed by atoms with E-state index < -0.39 is 0 Å². The van der Waals surface area contributed by atoms with Gasteiger partial charge in [0.25, 0.3) is 0 Å². The SMILES string of the molecule is C=C/C=C\N.CC.CCC. The van der Waals surface area contributed by atoms with E-state index in [4.69, 9.17) is 5.73 Å². The maximum Gasteiger partial charge on any atom is -0.00626 e. The first-order chi connectivity index (χ1) is 4.83. The predicted octanol–water partition coefficient (Wildman–Crippen LogP) is 3.09. The molecule has 2 N–H and O–H groups in total. The Bertz CT molecular complexity index is 55.7. The van der Waals surface area contributed by atoms with Gasteiger partial charge in [-0.1, -0.05) is 46.8 Å². The topological polar surface area (TPSA) is 26.0 Å². The molecule has 0 aliphatic carbocycles. The van der Waals surface area contributed by atoms with Crippen molar-refractivity contribution in [3.63, 3.8) is 0 Å². The van der Waals surface area contributed by atoms with Gasteiger partial charge in [-0.3, -0.25) is 0 Å². The summed E-state index contributed by atoms with van der Waals surface area (Å²) in [7, 11) is 0. The minimum Gasteiger partial charge on any atom is -0.405 e. The smallest absolute Gasteiger partial charge is 0.00626 e. The van der Waals surface area contributed by atoms with Crippen LogP contribution in [0.25, 0.3) is 0 Å². The molecule has 0 aliphatic rings. The third kappa shape index (κ3) is 175. The van der Waals surface area contributed by atoms with Crippen molar-refractivity contribution < 1.29 is 0 Å². The van der Waals surface area contributed by atoms with Crippen molar-refractivity contribution in [1.82, 2.24) is 0 Å². The Balaban J connectivity index is -0.0000000847. The molecule has 0 aromatic carbocycles. The van der Waals surface area contributed by atoms with Crippen LogP contribution in [0.3, 0.4) is 0 Å². The van der Waals surface area contributed by atoms with Crippen LogP contribution in [0.15, 0.2) is 24.9 Å². The predicted molar refractivity (Wildman–Crippen MR) is 50.8 cm³/mol. The van der Waals surface area contributed by atoms with Gasteiger partial charge in [0.15, 0.2) is 0 Å². The van der Waals surface area contributed by atoms with Crippen molar-refractivity contribution in [2.45, 2.75) is 34.1 Å². The summed E-state index contributed by atoms with van der Waals surface area (Å²) in [5.41, 5.74) is 4.89. The van der Waals surface area contributed by atoms with Crippen LogP contribution in [-0.2, 0) is 0 Å². The molecule has 62 valence electrons. The van der Waals surface area contributed by atoms with E-state index in [0.29, 0.717) is 0 Å². The van der Waals surface area contributed by atoms with E-state index in [1.165, 1.54) is 12.6 Å². The molecule has 0 aromatic heterocycles. The largest absolute Gasteiger partial charge is 0.405 e. The Hall–Kier alpha value is -0.720. The van der Waals surface area contributed by atoms with Crippen molar-refractivity contribution in [1.29, 1.82) is 0 Å². The van der Waals surface area contributed by atoms with E-state index >= 15 is 0 Å². The molecule has 10 heavy (non-hydrogen) atoms. The highest BCUT2D eigenvalue weighted by Gasteiger charge is 1.41. The third-order valence-corrected chi connectivity index (χ3v) is 0.247. The van der Waals surface area contributed by atoms with Gasteiger partial charge in [0, 0.05) is 0 Å². The van der Waals surface area contributed by atoms with E-state index in [-0.39, 0.29) is 0 Å². The fourth-order valence-electron chi connectivity index (χ4n) is 0.0786. The van der Waals surface area contributed by atoms with Gasteiger partial charge in [-0.15, -0.1) is 0 Å². The molecular weight excluding hydrogens is 122 g/mol. The molecule has 0 rings (SSSR count). The summed E-state index contributed by atoms with van der Waals surface area (Å²) in [6.45, 7) is 11.6. The zero-order chi connectivity index (χ0) is 8.83. The first-order valence-corrected chi connectivity index (χ1v) is 3.82. The van der Waals surface area contributed by atoms with Crippen LogP contribution in [-0.4, -0.2) is 0 Å². The van der Waals surface area contributed by atoms with E-state index in [9.17, 15) is 0 Å². The van der Waals surface area contributed by atoms with Gasteiger partial charge in [0.1, 0.15) is 0 Å². The Labute approximate surface area is 65.6 Å². The molecule has 1 heteroatoms. The third-order valence-electron chi connectivity index (χ3n) is 0.247. The minimum atomic E-state index is 1.25. The van der Waals surface area contributed by atoms with Gasteiger partial charge < -0.3 is 5.73 Å².